The van der Waals surface area contributed by atoms with Crippen molar-refractivity contribution >= 4 is 21.8 Å². The summed E-state index contributed by atoms with van der Waals surface area (Å²) in [4.78, 5) is 16.6. The Bertz CT molecular complexity index is 661. The first-order valence-electron chi connectivity index (χ1n) is 7.40. The third-order valence-corrected chi connectivity index (χ3v) is 4.17. The molecule has 0 heterocycles. The Morgan fingerprint density at radius 1 is 1.09 bits per heavy atom. The van der Waals surface area contributed by atoms with Crippen molar-refractivity contribution in [3.8, 4) is 0 Å². The van der Waals surface area contributed by atoms with Crippen LogP contribution in [0, 0.1) is 5.82 Å². The van der Waals surface area contributed by atoms with Crippen molar-refractivity contribution in [1.29, 1.82) is 0 Å². The number of hydrogen-bond acceptors (Lipinski definition) is 2. The van der Waals surface area contributed by atoms with Crippen LogP contribution >= 0.6 is 15.9 Å². The van der Waals surface area contributed by atoms with Crippen molar-refractivity contribution in [2.45, 2.75) is 6.54 Å². The number of carbonyl (C=O) groups excluding carboxylic acids is 1. The predicted molar refractivity (Wildman–Crippen MR) is 93.8 cm³/mol. The van der Waals surface area contributed by atoms with Gasteiger partial charge in [0.05, 0.1) is 5.56 Å². The molecule has 0 N–H and O–H groups in total. The van der Waals surface area contributed by atoms with E-state index in [0.717, 1.165) is 12.1 Å². The van der Waals surface area contributed by atoms with Gasteiger partial charge in [0.2, 0.25) is 0 Å². The Morgan fingerprint density at radius 3 is 2.43 bits per heavy atom. The number of halogens is 2. The molecule has 0 aliphatic carbocycles. The fraction of sp³-hybridized carbons (Fsp3) is 0.278. The van der Waals surface area contributed by atoms with Gasteiger partial charge in [0.1, 0.15) is 5.82 Å². The van der Waals surface area contributed by atoms with E-state index >= 15 is 0 Å². The molecule has 2 aromatic rings. The highest BCUT2D eigenvalue weighted by Crippen LogP contribution is 2.20. The standard InChI is InChI=1S/C18H20BrFN2O/c1-21(2)10-11-22(13-14-6-4-3-5-7-14)18(23)16-12-15(20)8-9-17(16)19/h3-9,12H,10-11,13H2,1-2H3. The first kappa shape index (κ1) is 17.6. The topological polar surface area (TPSA) is 23.6 Å². The van der Waals surface area contributed by atoms with Crippen LogP contribution in [0.25, 0.3) is 0 Å². The average molecular weight is 379 g/mol. The number of amides is 1. The van der Waals surface area contributed by atoms with Crippen LogP contribution < -0.4 is 0 Å². The van der Waals surface area contributed by atoms with Crippen molar-refractivity contribution < 1.29 is 9.18 Å². The fourth-order valence-corrected chi connectivity index (χ4v) is 2.62. The Morgan fingerprint density at radius 2 is 1.78 bits per heavy atom. The first-order chi connectivity index (χ1) is 11.0. The van der Waals surface area contributed by atoms with Gasteiger partial charge in [-0.3, -0.25) is 4.79 Å². The van der Waals surface area contributed by atoms with Crippen LogP contribution in [-0.4, -0.2) is 42.9 Å². The van der Waals surface area contributed by atoms with E-state index in [4.69, 9.17) is 0 Å². The highest BCUT2D eigenvalue weighted by atomic mass is 79.9. The van der Waals surface area contributed by atoms with Crippen LogP contribution in [0.1, 0.15) is 15.9 Å². The number of nitrogens with zero attached hydrogens (tertiary/aromatic N) is 2. The highest BCUT2D eigenvalue weighted by molar-refractivity contribution is 9.10. The zero-order valence-corrected chi connectivity index (χ0v) is 14.9. The lowest BCUT2D eigenvalue weighted by molar-refractivity contribution is 0.0730. The van der Waals surface area contributed by atoms with Crippen LogP contribution in [-0.2, 0) is 6.54 Å². The number of likely N-dealkylation sites (N-methyl/N-ethyl adjacent to an activating group) is 1. The van der Waals surface area contributed by atoms with Crippen molar-refractivity contribution in [3.63, 3.8) is 0 Å². The van der Waals surface area contributed by atoms with E-state index in [1.54, 1.807) is 11.0 Å². The van der Waals surface area contributed by atoms with Gasteiger partial charge in [0.15, 0.2) is 0 Å². The van der Waals surface area contributed by atoms with Crippen LogP contribution in [0.5, 0.6) is 0 Å². The second-order valence-corrected chi connectivity index (χ2v) is 6.49. The zero-order valence-electron chi connectivity index (χ0n) is 13.3. The molecule has 0 unspecified atom stereocenters. The lowest BCUT2D eigenvalue weighted by atomic mass is 10.1. The summed E-state index contributed by atoms with van der Waals surface area (Å²) in [6, 6.07) is 14.0. The number of hydrogen-bond donors (Lipinski definition) is 0. The van der Waals surface area contributed by atoms with Gasteiger partial charge in [-0.1, -0.05) is 30.3 Å². The molecule has 0 fully saturated rings. The molecule has 0 aliphatic rings. The molecule has 2 aromatic carbocycles. The Balaban J connectivity index is 2.24. The molecule has 0 saturated carbocycles. The summed E-state index contributed by atoms with van der Waals surface area (Å²) in [6.07, 6.45) is 0. The molecule has 1 amide bonds. The molecule has 0 bridgehead atoms. The highest BCUT2D eigenvalue weighted by Gasteiger charge is 2.19. The van der Waals surface area contributed by atoms with E-state index in [2.05, 4.69) is 15.9 Å². The maximum Gasteiger partial charge on any atom is 0.255 e. The monoisotopic (exact) mass is 378 g/mol. The summed E-state index contributed by atoms with van der Waals surface area (Å²) in [6.45, 7) is 1.81. The summed E-state index contributed by atoms with van der Waals surface area (Å²) in [7, 11) is 3.92. The van der Waals surface area contributed by atoms with Crippen molar-refractivity contribution in [1.82, 2.24) is 9.80 Å². The summed E-state index contributed by atoms with van der Waals surface area (Å²) in [5, 5.41) is 0. The van der Waals surface area contributed by atoms with Crippen molar-refractivity contribution in [3.05, 3.63) is 69.9 Å². The number of benzene rings is 2. The van der Waals surface area contributed by atoms with Crippen LogP contribution in [0.2, 0.25) is 0 Å². The van der Waals surface area contributed by atoms with Gasteiger partial charge in [-0.25, -0.2) is 4.39 Å². The van der Waals surface area contributed by atoms with E-state index in [1.165, 1.54) is 12.1 Å². The predicted octanol–water partition coefficient (Wildman–Crippen LogP) is 3.79. The molecule has 0 saturated heterocycles. The van der Waals surface area contributed by atoms with Crippen LogP contribution in [0.15, 0.2) is 53.0 Å². The van der Waals surface area contributed by atoms with Gasteiger partial charge < -0.3 is 9.80 Å². The minimum absolute atomic E-state index is 0.179. The summed E-state index contributed by atoms with van der Waals surface area (Å²) in [5.74, 6) is -0.592. The van der Waals surface area contributed by atoms with Gasteiger partial charge in [0.25, 0.3) is 5.91 Å². The van der Waals surface area contributed by atoms with E-state index in [1.807, 2.05) is 49.3 Å². The van der Waals surface area contributed by atoms with Gasteiger partial charge in [-0.05, 0) is 53.8 Å². The smallest absolute Gasteiger partial charge is 0.255 e. The Hall–Kier alpha value is -1.72. The number of rotatable bonds is 6. The largest absolute Gasteiger partial charge is 0.333 e. The minimum Gasteiger partial charge on any atom is -0.333 e. The van der Waals surface area contributed by atoms with Gasteiger partial charge in [0, 0.05) is 24.1 Å². The molecule has 122 valence electrons. The molecular weight excluding hydrogens is 359 g/mol. The summed E-state index contributed by atoms with van der Waals surface area (Å²) < 4.78 is 14.1. The molecule has 0 aliphatic heterocycles. The minimum atomic E-state index is -0.413. The normalized spacial score (nSPS) is 10.8. The molecule has 0 aromatic heterocycles. The van der Waals surface area contributed by atoms with Gasteiger partial charge >= 0.3 is 0 Å². The molecule has 0 atom stereocenters. The summed E-state index contributed by atoms with van der Waals surface area (Å²) in [5.41, 5.74) is 1.40. The van der Waals surface area contributed by atoms with Gasteiger partial charge in [-0.15, -0.1) is 0 Å². The second kappa shape index (κ2) is 8.22. The zero-order chi connectivity index (χ0) is 16.8. The first-order valence-corrected chi connectivity index (χ1v) is 8.19. The Kier molecular flexibility index (Phi) is 6.30. The Labute approximate surface area is 144 Å². The van der Waals surface area contributed by atoms with Crippen molar-refractivity contribution in [2.75, 3.05) is 27.2 Å². The van der Waals surface area contributed by atoms with Gasteiger partial charge in [-0.2, -0.15) is 0 Å². The molecule has 2 rings (SSSR count). The molecular formula is C18H20BrFN2O. The average Bonchev–Trinajstić information content (AvgIpc) is 2.54. The quantitative estimate of drug-likeness (QED) is 0.763. The van der Waals surface area contributed by atoms with Crippen molar-refractivity contribution in [2.24, 2.45) is 0 Å². The molecule has 3 nitrogen and oxygen atoms in total. The SMILES string of the molecule is CN(C)CCN(Cc1ccccc1)C(=O)c1cc(F)ccc1Br. The van der Waals surface area contributed by atoms with Crippen LogP contribution in [0.4, 0.5) is 4.39 Å². The maximum absolute atomic E-state index is 13.5. The fourth-order valence-electron chi connectivity index (χ4n) is 2.21. The molecule has 23 heavy (non-hydrogen) atoms. The molecule has 0 radical (unpaired) electrons. The lowest BCUT2D eigenvalue weighted by Crippen LogP contribution is -2.36. The number of carbonyl (C=O) groups is 1. The van der Waals surface area contributed by atoms with E-state index in [9.17, 15) is 9.18 Å². The third-order valence-electron chi connectivity index (χ3n) is 3.48. The lowest BCUT2D eigenvalue weighted by Gasteiger charge is -2.25. The second-order valence-electron chi connectivity index (χ2n) is 5.64. The van der Waals surface area contributed by atoms with E-state index in [-0.39, 0.29) is 5.91 Å². The molecule has 5 heteroatoms. The molecule has 0 spiro atoms. The van der Waals surface area contributed by atoms with E-state index < -0.39 is 5.82 Å². The van der Waals surface area contributed by atoms with E-state index in [0.29, 0.717) is 23.1 Å². The van der Waals surface area contributed by atoms with Crippen LogP contribution in [0.3, 0.4) is 0 Å². The summed E-state index contributed by atoms with van der Waals surface area (Å²) >= 11 is 3.34. The maximum atomic E-state index is 13.5. The third kappa shape index (κ3) is 5.15.